The Hall–Kier alpha value is -1.53. The molecule has 1 heterocycles. The maximum atomic E-state index is 11.9. The quantitative estimate of drug-likeness (QED) is 0.744. The van der Waals surface area contributed by atoms with Gasteiger partial charge >= 0.3 is 5.97 Å². The Kier molecular flexibility index (Phi) is 4.75. The SMILES string of the molecule is CC(C)n1cc(Cl)cc1C(=O)NC(CO)C(=O)O. The van der Waals surface area contributed by atoms with Crippen LogP contribution in [0.15, 0.2) is 12.3 Å². The second kappa shape index (κ2) is 5.88. The van der Waals surface area contributed by atoms with Crippen LogP contribution in [-0.4, -0.2) is 39.3 Å². The highest BCUT2D eigenvalue weighted by Crippen LogP contribution is 2.18. The number of aromatic nitrogens is 1. The monoisotopic (exact) mass is 274 g/mol. The highest BCUT2D eigenvalue weighted by Gasteiger charge is 2.22. The van der Waals surface area contributed by atoms with Crippen LogP contribution in [-0.2, 0) is 4.79 Å². The summed E-state index contributed by atoms with van der Waals surface area (Å²) in [5, 5.41) is 20.2. The second-order valence-electron chi connectivity index (χ2n) is 4.09. The van der Waals surface area contributed by atoms with Gasteiger partial charge in [-0.1, -0.05) is 11.6 Å². The molecule has 0 saturated carbocycles. The number of carbonyl (C=O) groups excluding carboxylic acids is 1. The lowest BCUT2D eigenvalue weighted by Gasteiger charge is -2.15. The number of aliphatic hydroxyl groups is 1. The first-order chi connectivity index (χ1) is 8.36. The molecule has 0 aromatic carbocycles. The van der Waals surface area contributed by atoms with E-state index in [1.165, 1.54) is 6.07 Å². The van der Waals surface area contributed by atoms with Crippen LogP contribution in [0.5, 0.6) is 0 Å². The van der Waals surface area contributed by atoms with Gasteiger partial charge in [0.1, 0.15) is 5.69 Å². The van der Waals surface area contributed by atoms with Crippen molar-refractivity contribution in [2.24, 2.45) is 0 Å². The summed E-state index contributed by atoms with van der Waals surface area (Å²) in [7, 11) is 0. The van der Waals surface area contributed by atoms with Gasteiger partial charge in [0.2, 0.25) is 0 Å². The number of carbonyl (C=O) groups is 2. The van der Waals surface area contributed by atoms with Gasteiger partial charge in [-0.15, -0.1) is 0 Å². The lowest BCUT2D eigenvalue weighted by molar-refractivity contribution is -0.140. The minimum Gasteiger partial charge on any atom is -0.480 e. The summed E-state index contributed by atoms with van der Waals surface area (Å²) in [6.07, 6.45) is 1.59. The van der Waals surface area contributed by atoms with Gasteiger partial charge in [0.05, 0.1) is 11.6 Å². The van der Waals surface area contributed by atoms with Crippen LogP contribution >= 0.6 is 11.6 Å². The van der Waals surface area contributed by atoms with Crippen molar-refractivity contribution in [1.29, 1.82) is 0 Å². The summed E-state index contributed by atoms with van der Waals surface area (Å²) in [5.41, 5.74) is 0.259. The van der Waals surface area contributed by atoms with Gasteiger partial charge in [0.15, 0.2) is 6.04 Å². The van der Waals surface area contributed by atoms with E-state index < -0.39 is 24.5 Å². The number of aliphatic carboxylic acids is 1. The molecule has 1 aromatic heterocycles. The molecular formula is C11H15ClN2O4. The maximum absolute atomic E-state index is 11.9. The van der Waals surface area contributed by atoms with Crippen LogP contribution in [0, 0.1) is 0 Å². The Morgan fingerprint density at radius 2 is 2.11 bits per heavy atom. The molecule has 0 spiro atoms. The predicted molar refractivity (Wildman–Crippen MR) is 65.8 cm³/mol. The zero-order valence-electron chi connectivity index (χ0n) is 10.1. The van der Waals surface area contributed by atoms with E-state index in [4.69, 9.17) is 21.8 Å². The van der Waals surface area contributed by atoms with E-state index in [-0.39, 0.29) is 11.7 Å². The Morgan fingerprint density at radius 1 is 1.50 bits per heavy atom. The average Bonchev–Trinajstić information content (AvgIpc) is 2.67. The summed E-state index contributed by atoms with van der Waals surface area (Å²) in [6.45, 7) is 3.07. The minimum absolute atomic E-state index is 0.00987. The van der Waals surface area contributed by atoms with Crippen molar-refractivity contribution in [2.75, 3.05) is 6.61 Å². The molecule has 0 saturated heterocycles. The molecule has 6 nitrogen and oxygen atoms in total. The highest BCUT2D eigenvalue weighted by molar-refractivity contribution is 6.31. The number of nitrogens with zero attached hydrogens (tertiary/aromatic N) is 1. The first-order valence-electron chi connectivity index (χ1n) is 5.38. The minimum atomic E-state index is -1.33. The summed E-state index contributed by atoms with van der Waals surface area (Å²) < 4.78 is 1.63. The molecular weight excluding hydrogens is 260 g/mol. The third kappa shape index (κ3) is 3.24. The third-order valence-corrected chi connectivity index (χ3v) is 2.60. The third-order valence-electron chi connectivity index (χ3n) is 2.39. The van der Waals surface area contributed by atoms with Crippen LogP contribution in [0.4, 0.5) is 0 Å². The molecule has 0 radical (unpaired) electrons. The average molecular weight is 275 g/mol. The number of amides is 1. The number of hydrogen-bond donors (Lipinski definition) is 3. The number of nitrogens with one attached hydrogen (secondary N) is 1. The Bertz CT molecular complexity index is 456. The lowest BCUT2D eigenvalue weighted by atomic mass is 10.3. The van der Waals surface area contributed by atoms with Crippen LogP contribution < -0.4 is 5.32 Å². The first kappa shape index (κ1) is 14.5. The molecule has 0 aliphatic carbocycles. The molecule has 1 atom stereocenters. The van der Waals surface area contributed by atoms with E-state index in [1.807, 2.05) is 13.8 Å². The number of carboxylic acids is 1. The molecule has 1 rings (SSSR count). The maximum Gasteiger partial charge on any atom is 0.328 e. The normalized spacial score (nSPS) is 12.5. The first-order valence-corrected chi connectivity index (χ1v) is 5.76. The molecule has 7 heteroatoms. The van der Waals surface area contributed by atoms with Crippen LogP contribution in [0.3, 0.4) is 0 Å². The zero-order valence-corrected chi connectivity index (χ0v) is 10.8. The molecule has 0 fully saturated rings. The van der Waals surface area contributed by atoms with Crippen LogP contribution in [0.25, 0.3) is 0 Å². The van der Waals surface area contributed by atoms with Crippen molar-refractivity contribution < 1.29 is 19.8 Å². The lowest BCUT2D eigenvalue weighted by Crippen LogP contribution is -2.43. The Balaban J connectivity index is 2.93. The molecule has 1 aromatic rings. The predicted octanol–water partition coefficient (Wildman–Crippen LogP) is 0.898. The van der Waals surface area contributed by atoms with Crippen molar-refractivity contribution in [2.45, 2.75) is 25.9 Å². The van der Waals surface area contributed by atoms with Gasteiger partial charge in [-0.05, 0) is 19.9 Å². The van der Waals surface area contributed by atoms with Crippen molar-refractivity contribution in [3.8, 4) is 0 Å². The van der Waals surface area contributed by atoms with E-state index in [2.05, 4.69) is 5.32 Å². The van der Waals surface area contributed by atoms with Gasteiger partial charge in [-0.2, -0.15) is 0 Å². The molecule has 0 bridgehead atoms. The number of carboxylic acid groups (broad SMARTS) is 1. The second-order valence-corrected chi connectivity index (χ2v) is 4.53. The smallest absolute Gasteiger partial charge is 0.328 e. The standard InChI is InChI=1S/C11H15ClN2O4/c1-6(2)14-4-7(12)3-9(14)10(16)13-8(5-15)11(17)18/h3-4,6,8,15H,5H2,1-2H3,(H,13,16)(H,17,18). The van der Waals surface area contributed by atoms with Gasteiger partial charge in [0.25, 0.3) is 5.91 Å². The number of halogens is 1. The Morgan fingerprint density at radius 3 is 2.56 bits per heavy atom. The fraction of sp³-hybridized carbons (Fsp3) is 0.455. The summed E-state index contributed by atoms with van der Waals surface area (Å²) in [4.78, 5) is 22.6. The van der Waals surface area contributed by atoms with Crippen molar-refractivity contribution in [3.05, 3.63) is 23.0 Å². The van der Waals surface area contributed by atoms with Crippen molar-refractivity contribution in [1.82, 2.24) is 9.88 Å². The number of aliphatic hydroxyl groups excluding tert-OH is 1. The van der Waals surface area contributed by atoms with Gasteiger partial charge in [-0.3, -0.25) is 4.79 Å². The molecule has 1 amide bonds. The highest BCUT2D eigenvalue weighted by atomic mass is 35.5. The van der Waals surface area contributed by atoms with Crippen LogP contribution in [0.1, 0.15) is 30.4 Å². The Labute approximate surface area is 109 Å². The number of rotatable bonds is 5. The van der Waals surface area contributed by atoms with E-state index in [9.17, 15) is 9.59 Å². The fourth-order valence-electron chi connectivity index (χ4n) is 1.47. The molecule has 0 aliphatic rings. The summed E-state index contributed by atoms with van der Waals surface area (Å²) in [6, 6.07) is 0.134. The largest absolute Gasteiger partial charge is 0.480 e. The number of hydrogen-bond acceptors (Lipinski definition) is 3. The van der Waals surface area contributed by atoms with Crippen molar-refractivity contribution in [3.63, 3.8) is 0 Å². The van der Waals surface area contributed by atoms with Crippen molar-refractivity contribution >= 4 is 23.5 Å². The van der Waals surface area contributed by atoms with Gasteiger partial charge in [0, 0.05) is 12.2 Å². The van der Waals surface area contributed by atoms with E-state index in [0.29, 0.717) is 5.02 Å². The molecule has 0 aliphatic heterocycles. The van der Waals surface area contributed by atoms with Gasteiger partial charge < -0.3 is 20.1 Å². The zero-order chi connectivity index (χ0) is 13.9. The van der Waals surface area contributed by atoms with E-state index in [0.717, 1.165) is 0 Å². The van der Waals surface area contributed by atoms with Gasteiger partial charge in [-0.25, -0.2) is 4.79 Å². The molecule has 100 valence electrons. The van der Waals surface area contributed by atoms with E-state index >= 15 is 0 Å². The summed E-state index contributed by atoms with van der Waals surface area (Å²) >= 11 is 5.82. The molecule has 18 heavy (non-hydrogen) atoms. The topological polar surface area (TPSA) is 91.6 Å². The van der Waals surface area contributed by atoms with Crippen LogP contribution in [0.2, 0.25) is 5.02 Å². The molecule has 1 unspecified atom stereocenters. The summed E-state index contributed by atoms with van der Waals surface area (Å²) in [5.74, 6) is -1.88. The fourth-order valence-corrected chi connectivity index (χ4v) is 1.68. The molecule has 3 N–H and O–H groups in total. The van der Waals surface area contributed by atoms with E-state index in [1.54, 1.807) is 10.8 Å².